The normalized spacial score (nSPS) is 25.8. The van der Waals surface area contributed by atoms with Gasteiger partial charge in [-0.25, -0.2) is 4.39 Å². The Morgan fingerprint density at radius 1 is 1.53 bits per heavy atom. The molecule has 2 rings (SSSR count). The third kappa shape index (κ3) is 2.50. The van der Waals surface area contributed by atoms with Gasteiger partial charge in [0.05, 0.1) is 0 Å². The first-order chi connectivity index (χ1) is 7.09. The molecule has 1 aliphatic heterocycles. The highest BCUT2D eigenvalue weighted by molar-refractivity contribution is 6.30. The first kappa shape index (κ1) is 10.9. The zero-order chi connectivity index (χ0) is 10.9. The van der Waals surface area contributed by atoms with Gasteiger partial charge >= 0.3 is 0 Å². The van der Waals surface area contributed by atoms with E-state index in [0.717, 1.165) is 13.0 Å². The molecule has 0 amide bonds. The number of hydrogen-bond acceptors (Lipinski definition) is 1. The first-order valence-electron chi connectivity index (χ1n) is 5.28. The minimum atomic E-state index is -0.158. The number of benzene rings is 1. The minimum absolute atomic E-state index is 0.0333. The van der Waals surface area contributed by atoms with Gasteiger partial charge in [0.15, 0.2) is 0 Å². The van der Waals surface area contributed by atoms with Gasteiger partial charge in [0.1, 0.15) is 5.82 Å². The van der Waals surface area contributed by atoms with Crippen LogP contribution in [-0.2, 0) is 6.42 Å². The molecule has 15 heavy (non-hydrogen) atoms. The third-order valence-corrected chi connectivity index (χ3v) is 3.28. The summed E-state index contributed by atoms with van der Waals surface area (Å²) in [5, 5.41) is 4.02. The van der Waals surface area contributed by atoms with Gasteiger partial charge in [-0.05, 0) is 56.5 Å². The van der Waals surface area contributed by atoms with Crippen LogP contribution in [0.3, 0.4) is 0 Å². The highest BCUT2D eigenvalue weighted by atomic mass is 35.5. The molecule has 1 heterocycles. The van der Waals surface area contributed by atoms with E-state index < -0.39 is 0 Å². The molecule has 1 saturated heterocycles. The molecular weight excluding hydrogens is 213 g/mol. The van der Waals surface area contributed by atoms with Gasteiger partial charge in [0, 0.05) is 10.6 Å². The van der Waals surface area contributed by atoms with Crippen LogP contribution in [0.5, 0.6) is 0 Å². The van der Waals surface area contributed by atoms with Gasteiger partial charge in [-0.2, -0.15) is 0 Å². The summed E-state index contributed by atoms with van der Waals surface area (Å²) in [5.74, 6) is -0.158. The van der Waals surface area contributed by atoms with Crippen molar-refractivity contribution in [3.8, 4) is 0 Å². The quantitative estimate of drug-likeness (QED) is 0.819. The topological polar surface area (TPSA) is 12.0 Å². The fraction of sp³-hybridized carbons (Fsp3) is 0.500. The number of rotatable bonds is 2. The maximum absolute atomic E-state index is 13.5. The van der Waals surface area contributed by atoms with Crippen molar-refractivity contribution in [1.82, 2.24) is 5.32 Å². The second kappa shape index (κ2) is 4.11. The average molecular weight is 228 g/mol. The first-order valence-corrected chi connectivity index (χ1v) is 5.66. The largest absolute Gasteiger partial charge is 0.311 e. The molecule has 1 aliphatic rings. The predicted octanol–water partition coefficient (Wildman–Crippen LogP) is 3.16. The molecule has 0 aliphatic carbocycles. The fourth-order valence-electron chi connectivity index (χ4n) is 2.21. The molecule has 1 fully saturated rings. The Morgan fingerprint density at radius 2 is 2.33 bits per heavy atom. The minimum Gasteiger partial charge on any atom is -0.311 e. The molecule has 1 aromatic carbocycles. The molecule has 0 spiro atoms. The van der Waals surface area contributed by atoms with Crippen molar-refractivity contribution in [1.29, 1.82) is 0 Å². The summed E-state index contributed by atoms with van der Waals surface area (Å²) >= 11 is 5.86. The van der Waals surface area contributed by atoms with E-state index in [4.69, 9.17) is 11.6 Å². The number of halogens is 2. The van der Waals surface area contributed by atoms with Crippen molar-refractivity contribution in [3.63, 3.8) is 0 Å². The van der Waals surface area contributed by atoms with Crippen LogP contribution < -0.4 is 5.32 Å². The van der Waals surface area contributed by atoms with E-state index >= 15 is 0 Å². The van der Waals surface area contributed by atoms with E-state index in [1.54, 1.807) is 12.1 Å². The van der Waals surface area contributed by atoms with Gasteiger partial charge in [-0.3, -0.25) is 0 Å². The fourth-order valence-corrected chi connectivity index (χ4v) is 2.40. The van der Waals surface area contributed by atoms with Crippen LogP contribution in [0.15, 0.2) is 18.2 Å². The van der Waals surface area contributed by atoms with Crippen LogP contribution in [0.25, 0.3) is 0 Å². The summed E-state index contributed by atoms with van der Waals surface area (Å²) < 4.78 is 13.5. The van der Waals surface area contributed by atoms with E-state index in [0.29, 0.717) is 17.0 Å². The number of nitrogens with one attached hydrogen (secondary N) is 1. The Kier molecular flexibility index (Phi) is 2.98. The summed E-state index contributed by atoms with van der Waals surface area (Å²) in [6, 6.07) is 4.75. The monoisotopic (exact) mass is 227 g/mol. The standard InChI is InChI=1S/C12H15ClFN/c1-12(5-2-6-15-12)8-9-7-10(13)3-4-11(9)14/h3-4,7,15H,2,5-6,8H2,1H3. The molecule has 3 heteroatoms. The van der Waals surface area contributed by atoms with E-state index in [1.807, 2.05) is 0 Å². The molecule has 1 unspecified atom stereocenters. The van der Waals surface area contributed by atoms with Crippen LogP contribution in [-0.4, -0.2) is 12.1 Å². The molecule has 1 nitrogen and oxygen atoms in total. The van der Waals surface area contributed by atoms with Gasteiger partial charge < -0.3 is 5.32 Å². The third-order valence-electron chi connectivity index (χ3n) is 3.05. The van der Waals surface area contributed by atoms with E-state index in [1.165, 1.54) is 12.5 Å². The van der Waals surface area contributed by atoms with Crippen molar-refractivity contribution < 1.29 is 4.39 Å². The summed E-state index contributed by atoms with van der Waals surface area (Å²) in [6.07, 6.45) is 2.97. The zero-order valence-corrected chi connectivity index (χ0v) is 9.57. The molecule has 1 aromatic rings. The lowest BCUT2D eigenvalue weighted by Gasteiger charge is -2.24. The Balaban J connectivity index is 2.19. The molecular formula is C12H15ClFN. The zero-order valence-electron chi connectivity index (χ0n) is 8.82. The van der Waals surface area contributed by atoms with Crippen LogP contribution in [0, 0.1) is 5.82 Å². The van der Waals surface area contributed by atoms with Gasteiger partial charge in [-0.15, -0.1) is 0 Å². The summed E-state index contributed by atoms with van der Waals surface area (Å²) in [7, 11) is 0. The van der Waals surface area contributed by atoms with Crippen molar-refractivity contribution in [2.45, 2.75) is 31.7 Å². The van der Waals surface area contributed by atoms with Gasteiger partial charge in [-0.1, -0.05) is 11.6 Å². The molecule has 1 atom stereocenters. The molecule has 1 N–H and O–H groups in total. The summed E-state index contributed by atoms with van der Waals surface area (Å²) in [4.78, 5) is 0. The van der Waals surface area contributed by atoms with E-state index in [2.05, 4.69) is 12.2 Å². The lowest BCUT2D eigenvalue weighted by Crippen LogP contribution is -2.38. The molecule has 82 valence electrons. The molecule has 0 radical (unpaired) electrons. The van der Waals surface area contributed by atoms with E-state index in [-0.39, 0.29) is 11.4 Å². The second-order valence-electron chi connectivity index (χ2n) is 4.50. The van der Waals surface area contributed by atoms with Crippen LogP contribution in [0.4, 0.5) is 4.39 Å². The lowest BCUT2D eigenvalue weighted by molar-refractivity contribution is 0.405. The maximum Gasteiger partial charge on any atom is 0.126 e. The predicted molar refractivity (Wildman–Crippen MR) is 60.8 cm³/mol. The lowest BCUT2D eigenvalue weighted by atomic mass is 9.91. The van der Waals surface area contributed by atoms with Crippen molar-refractivity contribution in [3.05, 3.63) is 34.6 Å². The summed E-state index contributed by atoms with van der Waals surface area (Å²) in [5.41, 5.74) is 0.741. The number of hydrogen-bond donors (Lipinski definition) is 1. The summed E-state index contributed by atoms with van der Waals surface area (Å²) in [6.45, 7) is 3.17. The van der Waals surface area contributed by atoms with E-state index in [9.17, 15) is 4.39 Å². The second-order valence-corrected chi connectivity index (χ2v) is 4.94. The average Bonchev–Trinajstić information content (AvgIpc) is 2.59. The maximum atomic E-state index is 13.5. The van der Waals surface area contributed by atoms with Crippen molar-refractivity contribution in [2.24, 2.45) is 0 Å². The SMILES string of the molecule is CC1(Cc2cc(Cl)ccc2F)CCCN1. The van der Waals surface area contributed by atoms with Crippen molar-refractivity contribution >= 4 is 11.6 Å². The smallest absolute Gasteiger partial charge is 0.126 e. The van der Waals surface area contributed by atoms with Crippen molar-refractivity contribution in [2.75, 3.05) is 6.54 Å². The molecule has 0 aromatic heterocycles. The van der Waals surface area contributed by atoms with Crippen LogP contribution in [0.2, 0.25) is 5.02 Å². The highest BCUT2D eigenvalue weighted by Crippen LogP contribution is 2.26. The Bertz CT molecular complexity index is 359. The van der Waals surface area contributed by atoms with Gasteiger partial charge in [0.2, 0.25) is 0 Å². The molecule has 0 bridgehead atoms. The Labute approximate surface area is 94.6 Å². The van der Waals surface area contributed by atoms with Gasteiger partial charge in [0.25, 0.3) is 0 Å². The van der Waals surface area contributed by atoms with Crippen LogP contribution in [0.1, 0.15) is 25.3 Å². The Hall–Kier alpha value is -0.600. The van der Waals surface area contributed by atoms with Crippen LogP contribution >= 0.6 is 11.6 Å². The Morgan fingerprint density at radius 3 is 3.00 bits per heavy atom. The highest BCUT2D eigenvalue weighted by Gasteiger charge is 2.28. The molecule has 0 saturated carbocycles.